The maximum Gasteiger partial charge on any atom is 0.0998 e. The van der Waals surface area contributed by atoms with Crippen LogP contribution in [0.4, 0.5) is 0 Å². The zero-order valence-corrected chi connectivity index (χ0v) is 19.6. The number of rotatable bonds is 3. The smallest absolute Gasteiger partial charge is 0.0998 e. The lowest BCUT2D eigenvalue weighted by Gasteiger charge is -2.17. The number of hydrogen-bond donors (Lipinski definition) is 0. The van der Waals surface area contributed by atoms with E-state index in [0.29, 0.717) is 16.7 Å². The molecular weight excluding hydrogens is 454 g/mol. The third-order valence-electron chi connectivity index (χ3n) is 6.60. The number of pyridine rings is 1. The van der Waals surface area contributed by atoms with E-state index in [0.717, 1.165) is 49.7 Å². The molecule has 0 N–H and O–H groups in total. The number of aromatic nitrogens is 2. The molecule has 0 radical (unpaired) electrons. The van der Waals surface area contributed by atoms with Crippen LogP contribution < -0.4 is 0 Å². The van der Waals surface area contributed by atoms with Gasteiger partial charge in [-0.3, -0.25) is 4.98 Å². The van der Waals surface area contributed by atoms with E-state index in [1.165, 1.54) is 0 Å². The Balaban J connectivity index is 1.79. The van der Waals surface area contributed by atoms with E-state index in [4.69, 9.17) is 0 Å². The van der Waals surface area contributed by atoms with E-state index >= 15 is 0 Å². The molecule has 5 nitrogen and oxygen atoms in total. The van der Waals surface area contributed by atoms with Crippen molar-refractivity contribution in [2.24, 2.45) is 0 Å². The molecular formula is C32H17N5. The van der Waals surface area contributed by atoms with E-state index in [9.17, 15) is 15.8 Å². The molecule has 170 valence electrons. The van der Waals surface area contributed by atoms with Gasteiger partial charge in [0.25, 0.3) is 0 Å². The second kappa shape index (κ2) is 8.82. The van der Waals surface area contributed by atoms with Gasteiger partial charge >= 0.3 is 0 Å². The molecule has 6 aromatic rings. The summed E-state index contributed by atoms with van der Waals surface area (Å²) in [5.74, 6) is 0. The van der Waals surface area contributed by atoms with Crippen LogP contribution in [0.5, 0.6) is 0 Å². The van der Waals surface area contributed by atoms with Crippen LogP contribution in [-0.2, 0) is 0 Å². The fourth-order valence-corrected chi connectivity index (χ4v) is 4.91. The second-order valence-electron chi connectivity index (χ2n) is 8.65. The van der Waals surface area contributed by atoms with E-state index in [2.05, 4.69) is 27.8 Å². The zero-order chi connectivity index (χ0) is 25.4. The van der Waals surface area contributed by atoms with Crippen molar-refractivity contribution in [2.75, 3.05) is 0 Å². The van der Waals surface area contributed by atoms with Crippen molar-refractivity contribution in [3.63, 3.8) is 0 Å². The predicted molar refractivity (Wildman–Crippen MR) is 144 cm³/mol. The normalized spacial score (nSPS) is 10.6. The van der Waals surface area contributed by atoms with Crippen molar-refractivity contribution in [3.05, 3.63) is 120 Å². The summed E-state index contributed by atoms with van der Waals surface area (Å²) in [5, 5.41) is 31.0. The maximum atomic E-state index is 10.1. The molecule has 5 heteroatoms. The molecule has 4 aromatic carbocycles. The summed E-state index contributed by atoms with van der Waals surface area (Å²) in [6.45, 7) is 0. The Morgan fingerprint density at radius 2 is 1.16 bits per heavy atom. The van der Waals surface area contributed by atoms with Crippen LogP contribution in [0.3, 0.4) is 0 Å². The Hall–Kier alpha value is -5.70. The van der Waals surface area contributed by atoms with Crippen molar-refractivity contribution in [2.45, 2.75) is 0 Å². The predicted octanol–water partition coefficient (Wildman–Crippen LogP) is 7.13. The molecule has 2 aromatic heterocycles. The number of nitriles is 3. The lowest BCUT2D eigenvalue weighted by Crippen LogP contribution is -2.00. The van der Waals surface area contributed by atoms with Gasteiger partial charge in [0, 0.05) is 34.3 Å². The van der Waals surface area contributed by atoms with E-state index < -0.39 is 0 Å². The van der Waals surface area contributed by atoms with Crippen LogP contribution in [0.1, 0.15) is 16.7 Å². The van der Waals surface area contributed by atoms with Crippen molar-refractivity contribution in [3.8, 4) is 46.1 Å². The minimum absolute atomic E-state index is 0.550. The quantitative estimate of drug-likeness (QED) is 0.275. The highest BCUT2D eigenvalue weighted by molar-refractivity contribution is 6.10. The first-order valence-corrected chi connectivity index (χ1v) is 11.6. The Kier molecular flexibility index (Phi) is 5.20. The molecule has 0 amide bonds. The van der Waals surface area contributed by atoms with Crippen LogP contribution in [0, 0.1) is 34.0 Å². The third kappa shape index (κ3) is 3.58. The van der Waals surface area contributed by atoms with Crippen LogP contribution in [-0.4, -0.2) is 9.55 Å². The molecule has 0 saturated carbocycles. The van der Waals surface area contributed by atoms with Gasteiger partial charge in [-0.15, -0.1) is 0 Å². The number of benzene rings is 4. The Morgan fingerprint density at radius 3 is 1.73 bits per heavy atom. The largest absolute Gasteiger partial charge is 0.309 e. The Bertz CT molecular complexity index is 1880. The molecule has 0 fully saturated rings. The minimum Gasteiger partial charge on any atom is -0.309 e. The topological polar surface area (TPSA) is 89.2 Å². The molecule has 0 aliphatic carbocycles. The fraction of sp³-hybridized carbons (Fsp3) is 0. The Morgan fingerprint density at radius 1 is 0.568 bits per heavy atom. The average Bonchev–Trinajstić information content (AvgIpc) is 3.30. The first-order chi connectivity index (χ1) is 18.2. The molecule has 6 rings (SSSR count). The summed E-state index contributed by atoms with van der Waals surface area (Å²) in [7, 11) is 0. The molecule has 0 unspecified atom stereocenters. The minimum atomic E-state index is 0.550. The van der Waals surface area contributed by atoms with E-state index in [1.54, 1.807) is 24.5 Å². The highest BCUT2D eigenvalue weighted by atomic mass is 15.0. The van der Waals surface area contributed by atoms with Crippen molar-refractivity contribution >= 4 is 21.8 Å². The van der Waals surface area contributed by atoms with Gasteiger partial charge in [-0.1, -0.05) is 30.3 Å². The van der Waals surface area contributed by atoms with E-state index in [-0.39, 0.29) is 0 Å². The molecule has 0 spiro atoms. The first kappa shape index (κ1) is 21.8. The number of hydrogen-bond acceptors (Lipinski definition) is 4. The molecule has 0 aliphatic heterocycles. The van der Waals surface area contributed by atoms with Gasteiger partial charge in [0.15, 0.2) is 0 Å². The monoisotopic (exact) mass is 471 g/mol. The SMILES string of the molecule is N#Cc1ccc2c(c1)c1cc(C#N)ccc1n2-c1cc(-c2ccncc2)c(C#N)cc1-c1ccccc1. The van der Waals surface area contributed by atoms with Gasteiger partial charge in [-0.2, -0.15) is 15.8 Å². The summed E-state index contributed by atoms with van der Waals surface area (Å²) in [6, 6.07) is 35.8. The second-order valence-corrected chi connectivity index (χ2v) is 8.65. The van der Waals surface area contributed by atoms with Crippen LogP contribution in [0.2, 0.25) is 0 Å². The van der Waals surface area contributed by atoms with Gasteiger partial charge < -0.3 is 4.57 Å². The zero-order valence-electron chi connectivity index (χ0n) is 19.6. The lowest BCUT2D eigenvalue weighted by atomic mass is 9.94. The standard InChI is InChI=1S/C32H17N5/c33-18-21-6-8-30-28(14-21)29-15-22(19-34)7-9-31(29)37(30)32-17-26(24-10-12-36-13-11-24)25(20-35)16-27(32)23-4-2-1-3-5-23/h1-17H. The molecule has 0 aliphatic rings. The average molecular weight is 472 g/mol. The molecule has 37 heavy (non-hydrogen) atoms. The molecule has 2 heterocycles. The van der Waals surface area contributed by atoms with Gasteiger partial charge in [0.1, 0.15) is 0 Å². The van der Waals surface area contributed by atoms with Gasteiger partial charge in [0.05, 0.1) is 51.6 Å². The number of nitrogens with zero attached hydrogens (tertiary/aromatic N) is 5. The summed E-state index contributed by atoms with van der Waals surface area (Å²) >= 11 is 0. The lowest BCUT2D eigenvalue weighted by molar-refractivity contribution is 1.18. The van der Waals surface area contributed by atoms with Gasteiger partial charge in [0.2, 0.25) is 0 Å². The summed E-state index contributed by atoms with van der Waals surface area (Å²) in [5.41, 5.74) is 7.96. The summed E-state index contributed by atoms with van der Waals surface area (Å²) in [6.07, 6.45) is 3.43. The van der Waals surface area contributed by atoms with Crippen molar-refractivity contribution < 1.29 is 0 Å². The molecule has 0 saturated heterocycles. The van der Waals surface area contributed by atoms with Crippen LogP contribution in [0.15, 0.2) is 103 Å². The van der Waals surface area contributed by atoms with Gasteiger partial charge in [-0.05, 0) is 71.8 Å². The Labute approximate surface area is 213 Å². The first-order valence-electron chi connectivity index (χ1n) is 11.6. The van der Waals surface area contributed by atoms with Crippen molar-refractivity contribution in [1.29, 1.82) is 15.8 Å². The van der Waals surface area contributed by atoms with Crippen LogP contribution in [0.25, 0.3) is 49.7 Å². The third-order valence-corrected chi connectivity index (χ3v) is 6.60. The van der Waals surface area contributed by atoms with Crippen molar-refractivity contribution in [1.82, 2.24) is 9.55 Å². The molecule has 0 atom stereocenters. The summed E-state index contributed by atoms with van der Waals surface area (Å²) < 4.78 is 2.15. The van der Waals surface area contributed by atoms with E-state index in [1.807, 2.05) is 78.9 Å². The van der Waals surface area contributed by atoms with Crippen LogP contribution >= 0.6 is 0 Å². The van der Waals surface area contributed by atoms with Gasteiger partial charge in [-0.25, -0.2) is 0 Å². The maximum absolute atomic E-state index is 10.1. The number of fused-ring (bicyclic) bond motifs is 3. The highest BCUT2D eigenvalue weighted by Crippen LogP contribution is 2.40. The fourth-order valence-electron chi connectivity index (χ4n) is 4.91. The highest BCUT2D eigenvalue weighted by Gasteiger charge is 2.19. The summed E-state index contributed by atoms with van der Waals surface area (Å²) in [4.78, 5) is 4.14. The molecule has 0 bridgehead atoms.